The zero-order chi connectivity index (χ0) is 13.1. The molecule has 18 heavy (non-hydrogen) atoms. The van der Waals surface area contributed by atoms with E-state index in [1.54, 1.807) is 6.07 Å². The summed E-state index contributed by atoms with van der Waals surface area (Å²) < 4.78 is 0. The van der Waals surface area contributed by atoms with E-state index in [-0.39, 0.29) is 0 Å². The van der Waals surface area contributed by atoms with Gasteiger partial charge in [0.05, 0.1) is 5.56 Å². The second-order valence-electron chi connectivity index (χ2n) is 4.87. The van der Waals surface area contributed by atoms with E-state index < -0.39 is 5.91 Å². The van der Waals surface area contributed by atoms with E-state index in [1.807, 2.05) is 13.1 Å². The molecule has 0 aromatic carbocycles. The lowest BCUT2D eigenvalue weighted by molar-refractivity contribution is 0.1000. The first-order chi connectivity index (χ1) is 8.63. The van der Waals surface area contributed by atoms with Crippen LogP contribution in [0, 0.1) is 5.92 Å². The minimum absolute atomic E-state index is 0.439. The molecular weight excluding hydrogens is 228 g/mol. The molecule has 1 fully saturated rings. The van der Waals surface area contributed by atoms with Gasteiger partial charge in [0.15, 0.2) is 0 Å². The van der Waals surface area contributed by atoms with E-state index in [9.17, 15) is 4.79 Å². The van der Waals surface area contributed by atoms with Gasteiger partial charge in [-0.05, 0) is 37.4 Å². The van der Waals surface area contributed by atoms with Gasteiger partial charge in [-0.3, -0.25) is 4.79 Å². The van der Waals surface area contributed by atoms with Gasteiger partial charge in [-0.1, -0.05) is 6.42 Å². The summed E-state index contributed by atoms with van der Waals surface area (Å²) in [5.41, 5.74) is 11.4. The normalized spacial score (nSPS) is 23.0. The number of aromatic nitrogens is 1. The summed E-state index contributed by atoms with van der Waals surface area (Å²) in [6, 6.07) is 4.00. The number of nitrogens with two attached hydrogens (primary N) is 2. The summed E-state index contributed by atoms with van der Waals surface area (Å²) in [6.07, 6.45) is 5.08. The van der Waals surface area contributed by atoms with Gasteiger partial charge < -0.3 is 16.4 Å². The number of primary amides is 1. The Balaban J connectivity index is 2.13. The molecule has 1 aromatic heterocycles. The molecule has 0 radical (unpaired) electrons. The fourth-order valence-electron chi connectivity index (χ4n) is 2.71. The van der Waals surface area contributed by atoms with Gasteiger partial charge in [-0.25, -0.2) is 4.98 Å². The summed E-state index contributed by atoms with van der Waals surface area (Å²) in [4.78, 5) is 17.4. The molecule has 2 atom stereocenters. The van der Waals surface area contributed by atoms with E-state index in [1.165, 1.54) is 19.0 Å². The summed E-state index contributed by atoms with van der Waals surface area (Å²) in [5.74, 6) is 0.954. The van der Waals surface area contributed by atoms with Crippen molar-refractivity contribution >= 4 is 11.7 Å². The second kappa shape index (κ2) is 5.35. The second-order valence-corrected chi connectivity index (χ2v) is 4.87. The van der Waals surface area contributed by atoms with Crippen LogP contribution in [0.15, 0.2) is 18.3 Å². The van der Waals surface area contributed by atoms with Gasteiger partial charge in [0.25, 0.3) is 0 Å². The molecule has 1 aliphatic carbocycles. The molecule has 0 spiro atoms. The quantitative estimate of drug-likeness (QED) is 0.823. The predicted molar refractivity (Wildman–Crippen MR) is 71.3 cm³/mol. The Hall–Kier alpha value is -1.62. The molecule has 5 heteroatoms. The van der Waals surface area contributed by atoms with E-state index >= 15 is 0 Å². The average Bonchev–Trinajstić information content (AvgIpc) is 2.86. The maximum absolute atomic E-state index is 11.0. The van der Waals surface area contributed by atoms with Crippen molar-refractivity contribution in [2.24, 2.45) is 17.4 Å². The molecule has 5 nitrogen and oxygen atoms in total. The van der Waals surface area contributed by atoms with Gasteiger partial charge in [0.1, 0.15) is 5.82 Å². The summed E-state index contributed by atoms with van der Waals surface area (Å²) in [6.45, 7) is 0.717. The number of carbonyl (C=O) groups is 1. The van der Waals surface area contributed by atoms with E-state index in [0.29, 0.717) is 24.1 Å². The average molecular weight is 248 g/mol. The number of rotatable bonds is 4. The van der Waals surface area contributed by atoms with Crippen molar-refractivity contribution in [2.75, 3.05) is 18.5 Å². The maximum Gasteiger partial charge on any atom is 0.250 e. The van der Waals surface area contributed by atoms with Gasteiger partial charge in [0.2, 0.25) is 5.91 Å². The highest BCUT2D eigenvalue weighted by Crippen LogP contribution is 2.30. The zero-order valence-electron chi connectivity index (χ0n) is 10.7. The molecule has 2 unspecified atom stereocenters. The molecule has 0 aliphatic heterocycles. The van der Waals surface area contributed by atoms with E-state index in [2.05, 4.69) is 9.88 Å². The van der Waals surface area contributed by atoms with Crippen LogP contribution in [0.3, 0.4) is 0 Å². The summed E-state index contributed by atoms with van der Waals surface area (Å²) >= 11 is 0. The topological polar surface area (TPSA) is 85.2 Å². The third kappa shape index (κ3) is 2.46. The maximum atomic E-state index is 11.0. The molecule has 2 rings (SSSR count). The molecule has 1 saturated carbocycles. The number of carbonyl (C=O) groups excluding carboxylic acids is 1. The van der Waals surface area contributed by atoms with Gasteiger partial charge >= 0.3 is 0 Å². The number of nitrogens with zero attached hydrogens (tertiary/aromatic N) is 2. The van der Waals surface area contributed by atoms with Crippen molar-refractivity contribution in [1.82, 2.24) is 4.98 Å². The number of pyridine rings is 1. The van der Waals surface area contributed by atoms with Crippen LogP contribution in [0.5, 0.6) is 0 Å². The van der Waals surface area contributed by atoms with Crippen LogP contribution >= 0.6 is 0 Å². The Bertz CT molecular complexity index is 418. The van der Waals surface area contributed by atoms with Gasteiger partial charge in [0, 0.05) is 19.3 Å². The van der Waals surface area contributed by atoms with E-state index in [4.69, 9.17) is 11.5 Å². The van der Waals surface area contributed by atoms with Crippen LogP contribution in [-0.4, -0.2) is 30.5 Å². The van der Waals surface area contributed by atoms with Gasteiger partial charge in [-0.15, -0.1) is 0 Å². The highest BCUT2D eigenvalue weighted by atomic mass is 16.1. The fourth-order valence-corrected chi connectivity index (χ4v) is 2.71. The molecule has 4 N–H and O–H groups in total. The number of anilines is 1. The number of amides is 1. The van der Waals surface area contributed by atoms with Crippen LogP contribution in [-0.2, 0) is 0 Å². The van der Waals surface area contributed by atoms with E-state index in [0.717, 1.165) is 12.2 Å². The van der Waals surface area contributed by atoms with Crippen molar-refractivity contribution in [1.29, 1.82) is 0 Å². The fraction of sp³-hybridized carbons (Fsp3) is 0.538. The Kier molecular flexibility index (Phi) is 3.81. The van der Waals surface area contributed by atoms with Crippen molar-refractivity contribution in [2.45, 2.75) is 25.3 Å². The standard InChI is InChI=1S/C13H20N4O/c1-17(11-4-2-3-9(11)7-14)12-6-5-10(8-16-12)13(15)18/h5-6,8-9,11H,2-4,7,14H2,1H3,(H2,15,18). The summed E-state index contributed by atoms with van der Waals surface area (Å²) in [7, 11) is 2.03. The van der Waals surface area contributed by atoms with Crippen LogP contribution in [0.2, 0.25) is 0 Å². The Morgan fingerprint density at radius 1 is 1.50 bits per heavy atom. The third-order valence-corrected chi connectivity index (χ3v) is 3.81. The van der Waals surface area contributed by atoms with Crippen LogP contribution < -0.4 is 16.4 Å². The molecule has 0 saturated heterocycles. The van der Waals surface area contributed by atoms with Gasteiger partial charge in [-0.2, -0.15) is 0 Å². The molecule has 0 bridgehead atoms. The van der Waals surface area contributed by atoms with Crippen LogP contribution in [0.25, 0.3) is 0 Å². The minimum Gasteiger partial charge on any atom is -0.366 e. The number of hydrogen-bond acceptors (Lipinski definition) is 4. The SMILES string of the molecule is CN(c1ccc(C(N)=O)cn1)C1CCCC1CN. The summed E-state index contributed by atoms with van der Waals surface area (Å²) in [5, 5.41) is 0. The smallest absolute Gasteiger partial charge is 0.250 e. The Morgan fingerprint density at radius 3 is 2.83 bits per heavy atom. The highest BCUT2D eigenvalue weighted by Gasteiger charge is 2.29. The lowest BCUT2D eigenvalue weighted by Gasteiger charge is -2.30. The molecule has 1 heterocycles. The molecule has 1 aromatic rings. The zero-order valence-corrected chi connectivity index (χ0v) is 10.7. The monoisotopic (exact) mass is 248 g/mol. The molecular formula is C13H20N4O. The largest absolute Gasteiger partial charge is 0.366 e. The highest BCUT2D eigenvalue weighted by molar-refractivity contribution is 5.92. The van der Waals surface area contributed by atoms with Crippen molar-refractivity contribution in [3.8, 4) is 0 Å². The number of hydrogen-bond donors (Lipinski definition) is 2. The first-order valence-corrected chi connectivity index (χ1v) is 6.32. The minimum atomic E-state index is -0.447. The molecule has 1 aliphatic rings. The lowest BCUT2D eigenvalue weighted by atomic mass is 10.0. The molecule has 98 valence electrons. The van der Waals surface area contributed by atoms with Crippen LogP contribution in [0.4, 0.5) is 5.82 Å². The third-order valence-electron chi connectivity index (χ3n) is 3.81. The first kappa shape index (κ1) is 12.8. The lowest BCUT2D eigenvalue weighted by Crippen LogP contribution is -2.38. The Morgan fingerprint density at radius 2 is 2.28 bits per heavy atom. The predicted octanol–water partition coefficient (Wildman–Crippen LogP) is 0.744. The molecule has 1 amide bonds. The first-order valence-electron chi connectivity index (χ1n) is 6.32. The Labute approximate surface area is 107 Å². The van der Waals surface area contributed by atoms with Crippen molar-refractivity contribution in [3.63, 3.8) is 0 Å². The van der Waals surface area contributed by atoms with Crippen LogP contribution in [0.1, 0.15) is 29.6 Å². The van der Waals surface area contributed by atoms with Crippen molar-refractivity contribution < 1.29 is 4.79 Å². The van der Waals surface area contributed by atoms with Crippen molar-refractivity contribution in [3.05, 3.63) is 23.9 Å².